The van der Waals surface area contributed by atoms with E-state index in [4.69, 9.17) is 0 Å². The van der Waals surface area contributed by atoms with Gasteiger partial charge in [-0.15, -0.1) is 0 Å². The second-order valence-electron chi connectivity index (χ2n) is 6.49. The van der Waals surface area contributed by atoms with Crippen LogP contribution in [0.2, 0.25) is 0 Å². The highest BCUT2D eigenvalue weighted by Gasteiger charge is 2.40. The molecule has 23 heavy (non-hydrogen) atoms. The Morgan fingerprint density at radius 2 is 2.09 bits per heavy atom. The number of rotatable bonds is 4. The molecule has 2 unspecified atom stereocenters. The standard InChI is InChI=1S/C17H16FNO4/c18-14-4-12-15(5-11(14)10-3-8(10)7-20)19(9-1-2-9)6-13(16(12)21)17(22)23/h4-6,8-10,20H,1-3,7H2,(H,22,23). The molecule has 2 fully saturated rings. The zero-order valence-corrected chi connectivity index (χ0v) is 12.3. The average molecular weight is 317 g/mol. The molecule has 2 atom stereocenters. The Bertz CT molecular complexity index is 884. The molecule has 0 aliphatic heterocycles. The van der Waals surface area contributed by atoms with Crippen LogP contribution in [0.1, 0.15) is 47.1 Å². The number of carboxylic acid groups (broad SMARTS) is 1. The van der Waals surface area contributed by atoms with Gasteiger partial charge >= 0.3 is 5.97 Å². The van der Waals surface area contributed by atoms with Crippen LogP contribution in [-0.4, -0.2) is 27.4 Å². The maximum absolute atomic E-state index is 14.4. The Morgan fingerprint density at radius 3 is 2.65 bits per heavy atom. The Kier molecular flexibility index (Phi) is 3.06. The highest BCUT2D eigenvalue weighted by Crippen LogP contribution is 2.48. The van der Waals surface area contributed by atoms with Gasteiger partial charge in [0.2, 0.25) is 5.43 Å². The second-order valence-corrected chi connectivity index (χ2v) is 6.49. The van der Waals surface area contributed by atoms with Gasteiger partial charge in [0, 0.05) is 24.2 Å². The van der Waals surface area contributed by atoms with E-state index < -0.39 is 17.2 Å². The van der Waals surface area contributed by atoms with Crippen LogP contribution in [0.5, 0.6) is 0 Å². The molecule has 1 heterocycles. The summed E-state index contributed by atoms with van der Waals surface area (Å²) in [5.74, 6) is -1.74. The molecule has 2 saturated carbocycles. The number of aromatic carboxylic acids is 1. The van der Waals surface area contributed by atoms with Crippen molar-refractivity contribution in [3.63, 3.8) is 0 Å². The van der Waals surface area contributed by atoms with Gasteiger partial charge < -0.3 is 14.8 Å². The lowest BCUT2D eigenvalue weighted by atomic mass is 10.0. The Hall–Kier alpha value is -2.21. The number of halogens is 1. The lowest BCUT2D eigenvalue weighted by molar-refractivity contribution is 0.0695. The summed E-state index contributed by atoms with van der Waals surface area (Å²) in [6.07, 6.45) is 3.96. The highest BCUT2D eigenvalue weighted by molar-refractivity contribution is 5.93. The minimum absolute atomic E-state index is 0.0219. The predicted molar refractivity (Wildman–Crippen MR) is 81.3 cm³/mol. The van der Waals surface area contributed by atoms with Crippen molar-refractivity contribution in [3.05, 3.63) is 45.5 Å². The van der Waals surface area contributed by atoms with E-state index in [1.165, 1.54) is 6.20 Å². The van der Waals surface area contributed by atoms with Gasteiger partial charge in [0.25, 0.3) is 0 Å². The summed E-state index contributed by atoms with van der Waals surface area (Å²) in [5.41, 5.74) is 0.122. The molecule has 2 aliphatic rings. The summed E-state index contributed by atoms with van der Waals surface area (Å²) in [4.78, 5) is 23.6. The van der Waals surface area contributed by atoms with Crippen molar-refractivity contribution in [2.75, 3.05) is 6.61 Å². The highest BCUT2D eigenvalue weighted by atomic mass is 19.1. The molecule has 4 rings (SSSR count). The average Bonchev–Trinajstić information content (AvgIpc) is 3.40. The van der Waals surface area contributed by atoms with E-state index in [2.05, 4.69) is 0 Å². The maximum Gasteiger partial charge on any atom is 0.341 e. The van der Waals surface area contributed by atoms with Crippen molar-refractivity contribution in [2.45, 2.75) is 31.2 Å². The molecule has 6 heteroatoms. The summed E-state index contributed by atoms with van der Waals surface area (Å²) in [5, 5.41) is 18.5. The van der Waals surface area contributed by atoms with Crippen molar-refractivity contribution in [3.8, 4) is 0 Å². The number of fused-ring (bicyclic) bond motifs is 1. The number of benzene rings is 1. The summed E-state index contributed by atoms with van der Waals surface area (Å²) in [6.45, 7) is 0.0233. The molecule has 0 saturated heterocycles. The Morgan fingerprint density at radius 1 is 1.35 bits per heavy atom. The van der Waals surface area contributed by atoms with Gasteiger partial charge in [-0.2, -0.15) is 0 Å². The van der Waals surface area contributed by atoms with Gasteiger partial charge in [0.15, 0.2) is 0 Å². The number of carbonyl (C=O) groups is 1. The number of hydrogen-bond acceptors (Lipinski definition) is 3. The third-order valence-corrected chi connectivity index (χ3v) is 4.88. The van der Waals surface area contributed by atoms with Crippen LogP contribution in [0.25, 0.3) is 10.9 Å². The number of carboxylic acids is 1. The first-order valence-corrected chi connectivity index (χ1v) is 7.73. The van der Waals surface area contributed by atoms with Gasteiger partial charge in [0.05, 0.1) is 5.52 Å². The lowest BCUT2D eigenvalue weighted by Gasteiger charge is -2.13. The second kappa shape index (κ2) is 4.89. The first-order valence-electron chi connectivity index (χ1n) is 7.73. The summed E-state index contributed by atoms with van der Waals surface area (Å²) in [6, 6.07) is 2.99. The fraction of sp³-hybridized carbons (Fsp3) is 0.412. The summed E-state index contributed by atoms with van der Waals surface area (Å²) < 4.78 is 16.2. The van der Waals surface area contributed by atoms with Gasteiger partial charge in [-0.3, -0.25) is 4.79 Å². The molecule has 1 aromatic heterocycles. The largest absolute Gasteiger partial charge is 0.477 e. The monoisotopic (exact) mass is 317 g/mol. The molecule has 5 nitrogen and oxygen atoms in total. The first-order chi connectivity index (χ1) is 11.0. The van der Waals surface area contributed by atoms with E-state index in [0.717, 1.165) is 25.3 Å². The van der Waals surface area contributed by atoms with Crippen molar-refractivity contribution >= 4 is 16.9 Å². The number of hydrogen-bond donors (Lipinski definition) is 2. The number of aliphatic hydroxyl groups excluding tert-OH is 1. The fourth-order valence-corrected chi connectivity index (χ4v) is 3.31. The van der Waals surface area contributed by atoms with Crippen molar-refractivity contribution < 1.29 is 19.4 Å². The van der Waals surface area contributed by atoms with Crippen LogP contribution >= 0.6 is 0 Å². The van der Waals surface area contributed by atoms with Crippen LogP contribution in [0.3, 0.4) is 0 Å². The summed E-state index contributed by atoms with van der Waals surface area (Å²) in [7, 11) is 0. The van der Waals surface area contributed by atoms with Crippen LogP contribution in [0.15, 0.2) is 23.1 Å². The molecule has 2 aromatic rings. The SMILES string of the molecule is O=C(O)c1cn(C2CC2)c2cc(C3CC3CO)c(F)cc2c1=O. The van der Waals surface area contributed by atoms with E-state index in [-0.39, 0.29) is 35.4 Å². The van der Waals surface area contributed by atoms with Crippen molar-refractivity contribution in [2.24, 2.45) is 5.92 Å². The molecule has 2 aliphatic carbocycles. The molecule has 0 spiro atoms. The minimum atomic E-state index is -1.29. The van der Waals surface area contributed by atoms with Crippen LogP contribution in [0, 0.1) is 11.7 Å². The summed E-state index contributed by atoms with van der Waals surface area (Å²) >= 11 is 0. The predicted octanol–water partition coefficient (Wildman–Crippen LogP) is 2.27. The zero-order chi connectivity index (χ0) is 16.3. The molecule has 120 valence electrons. The number of aromatic nitrogens is 1. The van der Waals surface area contributed by atoms with E-state index in [1.54, 1.807) is 10.6 Å². The van der Waals surface area contributed by atoms with E-state index in [1.807, 2.05) is 0 Å². The number of nitrogens with zero attached hydrogens (tertiary/aromatic N) is 1. The van der Waals surface area contributed by atoms with Gasteiger partial charge in [-0.1, -0.05) is 0 Å². The van der Waals surface area contributed by atoms with Crippen LogP contribution < -0.4 is 5.43 Å². The molecule has 0 bridgehead atoms. The first kappa shape index (κ1) is 14.4. The van der Waals surface area contributed by atoms with E-state index in [9.17, 15) is 24.2 Å². The van der Waals surface area contributed by atoms with Crippen molar-refractivity contribution in [1.29, 1.82) is 0 Å². The molecule has 0 radical (unpaired) electrons. The Labute approximate surface area is 131 Å². The smallest absolute Gasteiger partial charge is 0.341 e. The number of pyridine rings is 1. The van der Waals surface area contributed by atoms with Crippen molar-refractivity contribution in [1.82, 2.24) is 4.57 Å². The van der Waals surface area contributed by atoms with Gasteiger partial charge in [-0.05, 0) is 48.8 Å². The molecule has 0 amide bonds. The quantitative estimate of drug-likeness (QED) is 0.906. The van der Waals surface area contributed by atoms with Crippen LogP contribution in [0.4, 0.5) is 4.39 Å². The van der Waals surface area contributed by atoms with E-state index in [0.29, 0.717) is 11.1 Å². The number of aliphatic hydroxyl groups is 1. The maximum atomic E-state index is 14.4. The molecular weight excluding hydrogens is 301 g/mol. The minimum Gasteiger partial charge on any atom is -0.477 e. The van der Waals surface area contributed by atoms with Crippen LogP contribution in [-0.2, 0) is 0 Å². The zero-order valence-electron chi connectivity index (χ0n) is 12.3. The van der Waals surface area contributed by atoms with Gasteiger partial charge in [0.1, 0.15) is 11.4 Å². The third-order valence-electron chi connectivity index (χ3n) is 4.88. The fourth-order valence-electron chi connectivity index (χ4n) is 3.31. The Balaban J connectivity index is 1.97. The molecular formula is C17H16FNO4. The third kappa shape index (κ3) is 2.25. The lowest BCUT2D eigenvalue weighted by Crippen LogP contribution is -2.19. The van der Waals surface area contributed by atoms with Gasteiger partial charge in [-0.25, -0.2) is 9.18 Å². The topological polar surface area (TPSA) is 79.5 Å². The van der Waals surface area contributed by atoms with E-state index >= 15 is 0 Å². The molecule has 1 aromatic carbocycles. The molecule has 2 N–H and O–H groups in total. The normalized spacial score (nSPS) is 23.2.